The predicted molar refractivity (Wildman–Crippen MR) is 130 cm³/mol. The van der Waals surface area contributed by atoms with Crippen LogP contribution in [0, 0.1) is 22.7 Å². The summed E-state index contributed by atoms with van der Waals surface area (Å²) in [5, 5.41) is 22.9. The first-order valence-corrected chi connectivity index (χ1v) is 12.1. The Morgan fingerprint density at radius 2 is 1.94 bits per heavy atom. The average molecular weight is 482 g/mol. The summed E-state index contributed by atoms with van der Waals surface area (Å²) < 4.78 is 14.3. The van der Waals surface area contributed by atoms with Crippen LogP contribution in [0.25, 0.3) is 0 Å². The van der Waals surface area contributed by atoms with Crippen molar-refractivity contribution in [2.75, 3.05) is 24.5 Å². The van der Waals surface area contributed by atoms with Gasteiger partial charge in [0.25, 0.3) is 0 Å². The van der Waals surface area contributed by atoms with E-state index in [9.17, 15) is 19.7 Å². The zero-order valence-electron chi connectivity index (χ0n) is 19.1. The average Bonchev–Trinajstić information content (AvgIpc) is 2.86. The fourth-order valence-corrected chi connectivity index (χ4v) is 4.77. The van der Waals surface area contributed by atoms with Crippen LogP contribution in [0.1, 0.15) is 41.2 Å². The van der Waals surface area contributed by atoms with Gasteiger partial charge in [-0.1, -0.05) is 31.2 Å². The summed E-state index contributed by atoms with van der Waals surface area (Å²) in [7, 11) is 0. The molecule has 1 aliphatic heterocycles. The molecule has 10 heteroatoms. The van der Waals surface area contributed by atoms with Crippen molar-refractivity contribution in [1.82, 2.24) is 10.3 Å². The molecule has 1 amide bonds. The van der Waals surface area contributed by atoms with Crippen molar-refractivity contribution < 1.29 is 9.18 Å². The molecular weight excluding hydrogens is 453 g/mol. The highest BCUT2D eigenvalue weighted by molar-refractivity contribution is 7.98. The van der Waals surface area contributed by atoms with E-state index in [4.69, 9.17) is 11.5 Å². The molecule has 0 unspecified atom stereocenters. The molecule has 34 heavy (non-hydrogen) atoms. The second-order valence-corrected chi connectivity index (χ2v) is 9.01. The number of nitrogens with two attached hydrogens (primary N) is 2. The first-order chi connectivity index (χ1) is 16.4. The number of amides is 1. The molecule has 2 aromatic rings. The Labute approximate surface area is 203 Å². The molecule has 1 aromatic heterocycles. The number of benzene rings is 1. The highest BCUT2D eigenvalue weighted by Crippen LogP contribution is 2.34. The summed E-state index contributed by atoms with van der Waals surface area (Å²) >= 11 is 1.41. The Morgan fingerprint density at radius 1 is 1.26 bits per heavy atom. The number of nitrogens with zero attached hydrogens (tertiary/aromatic N) is 4. The number of carbonyl (C=O) groups excluding carboxylic acids is 1. The molecule has 2 heterocycles. The van der Waals surface area contributed by atoms with E-state index in [1.165, 1.54) is 11.8 Å². The van der Waals surface area contributed by atoms with Gasteiger partial charge < -0.3 is 21.7 Å². The monoisotopic (exact) mass is 481 g/mol. The highest BCUT2D eigenvalue weighted by Gasteiger charge is 2.30. The number of pyridine rings is 1. The van der Waals surface area contributed by atoms with E-state index in [0.29, 0.717) is 59.2 Å². The molecule has 1 aromatic carbocycles. The first kappa shape index (κ1) is 25.4. The van der Waals surface area contributed by atoms with Gasteiger partial charge in [0.15, 0.2) is 0 Å². The van der Waals surface area contributed by atoms with Crippen LogP contribution in [-0.4, -0.2) is 42.7 Å². The van der Waals surface area contributed by atoms with E-state index in [1.54, 1.807) is 4.90 Å². The standard InChI is InChI=1S/C24H28FN7OS/c1-2-17-18(9-26)23(32-8-7-21(29)20(25)13-32)31-24(19(17)10-27)34-14-16-5-3-15(4-6-16)12-30-22(33)11-28/h3-6,20-21H,2,7-8,11-14,28-29H2,1H3,(H,30,33)/t20-,21+/m0/s1. The smallest absolute Gasteiger partial charge is 0.234 e. The second kappa shape index (κ2) is 11.8. The zero-order chi connectivity index (χ0) is 24.7. The maximum atomic E-state index is 14.3. The Balaban J connectivity index is 1.84. The minimum atomic E-state index is -1.20. The van der Waals surface area contributed by atoms with Crippen molar-refractivity contribution in [1.29, 1.82) is 10.5 Å². The number of rotatable bonds is 8. The van der Waals surface area contributed by atoms with Crippen LogP contribution < -0.4 is 21.7 Å². The van der Waals surface area contributed by atoms with Gasteiger partial charge in [0, 0.05) is 24.9 Å². The lowest BCUT2D eigenvalue weighted by Crippen LogP contribution is -2.49. The number of hydrogen-bond donors (Lipinski definition) is 3. The number of nitrogens with one attached hydrogen (secondary N) is 1. The topological polar surface area (TPSA) is 145 Å². The number of anilines is 1. The molecule has 3 rings (SSSR count). The first-order valence-electron chi connectivity index (χ1n) is 11.1. The maximum absolute atomic E-state index is 14.3. The van der Waals surface area contributed by atoms with Gasteiger partial charge in [0.1, 0.15) is 29.2 Å². The van der Waals surface area contributed by atoms with E-state index in [0.717, 1.165) is 11.1 Å². The Bertz CT molecular complexity index is 1110. The van der Waals surface area contributed by atoms with Crippen molar-refractivity contribution in [2.45, 2.75) is 49.3 Å². The summed E-state index contributed by atoms with van der Waals surface area (Å²) in [6.07, 6.45) is -0.243. The highest BCUT2D eigenvalue weighted by atomic mass is 32.2. The van der Waals surface area contributed by atoms with Crippen LogP contribution in [0.4, 0.5) is 10.2 Å². The van der Waals surface area contributed by atoms with Gasteiger partial charge in [0.05, 0.1) is 24.2 Å². The van der Waals surface area contributed by atoms with Crippen LogP contribution in [0.3, 0.4) is 0 Å². The molecule has 0 aliphatic carbocycles. The van der Waals surface area contributed by atoms with Crippen LogP contribution in [-0.2, 0) is 23.5 Å². The van der Waals surface area contributed by atoms with Gasteiger partial charge in [-0.05, 0) is 29.5 Å². The quantitative estimate of drug-likeness (QED) is 0.486. The van der Waals surface area contributed by atoms with Gasteiger partial charge in [-0.15, -0.1) is 11.8 Å². The third-order valence-corrected chi connectivity index (χ3v) is 6.84. The van der Waals surface area contributed by atoms with Crippen LogP contribution >= 0.6 is 11.8 Å². The molecule has 0 spiro atoms. The molecule has 2 atom stereocenters. The van der Waals surface area contributed by atoms with Crippen molar-refractivity contribution in [3.8, 4) is 12.1 Å². The number of carbonyl (C=O) groups is 1. The number of hydrogen-bond acceptors (Lipinski definition) is 8. The van der Waals surface area contributed by atoms with Gasteiger partial charge in [0.2, 0.25) is 5.91 Å². The van der Waals surface area contributed by atoms with E-state index < -0.39 is 12.2 Å². The van der Waals surface area contributed by atoms with Crippen molar-refractivity contribution in [2.24, 2.45) is 11.5 Å². The molecule has 0 saturated carbocycles. The molecule has 8 nitrogen and oxygen atoms in total. The lowest BCUT2D eigenvalue weighted by molar-refractivity contribution is -0.119. The van der Waals surface area contributed by atoms with E-state index >= 15 is 0 Å². The van der Waals surface area contributed by atoms with Gasteiger partial charge >= 0.3 is 0 Å². The second-order valence-electron chi connectivity index (χ2n) is 8.05. The molecule has 0 radical (unpaired) electrons. The summed E-state index contributed by atoms with van der Waals surface area (Å²) in [6, 6.07) is 11.6. The normalized spacial score (nSPS) is 17.6. The van der Waals surface area contributed by atoms with Gasteiger partial charge in [-0.2, -0.15) is 10.5 Å². The minimum absolute atomic E-state index is 0.0501. The largest absolute Gasteiger partial charge is 0.352 e. The number of aromatic nitrogens is 1. The maximum Gasteiger partial charge on any atom is 0.234 e. The molecule has 0 bridgehead atoms. The van der Waals surface area contributed by atoms with Gasteiger partial charge in [-0.3, -0.25) is 4.79 Å². The van der Waals surface area contributed by atoms with Crippen LogP contribution in [0.2, 0.25) is 0 Å². The van der Waals surface area contributed by atoms with Crippen molar-refractivity contribution in [3.05, 3.63) is 52.1 Å². The molecule has 1 fully saturated rings. The number of nitriles is 2. The lowest BCUT2D eigenvalue weighted by Gasteiger charge is -2.34. The van der Waals surface area contributed by atoms with Crippen LogP contribution in [0.15, 0.2) is 29.3 Å². The Morgan fingerprint density at radius 3 is 2.53 bits per heavy atom. The Hall–Kier alpha value is -3.18. The molecule has 1 saturated heterocycles. The zero-order valence-corrected chi connectivity index (χ0v) is 19.9. The van der Waals surface area contributed by atoms with E-state index in [-0.39, 0.29) is 19.0 Å². The number of piperidine rings is 1. The third-order valence-electron chi connectivity index (χ3n) is 5.79. The number of halogens is 1. The van der Waals surface area contributed by atoms with E-state index in [2.05, 4.69) is 22.4 Å². The molecule has 5 N–H and O–H groups in total. The molecule has 178 valence electrons. The number of thioether (sulfide) groups is 1. The van der Waals surface area contributed by atoms with Crippen molar-refractivity contribution >= 4 is 23.5 Å². The van der Waals surface area contributed by atoms with Crippen LogP contribution in [0.5, 0.6) is 0 Å². The predicted octanol–water partition coefficient (Wildman–Crippen LogP) is 2.13. The Kier molecular flexibility index (Phi) is 8.83. The molecule has 1 aliphatic rings. The SMILES string of the molecule is CCc1c(C#N)c(SCc2ccc(CNC(=O)CN)cc2)nc(N2CC[C@@H](N)[C@@H](F)C2)c1C#N. The summed E-state index contributed by atoms with van der Waals surface area (Å²) in [5.41, 5.74) is 14.4. The minimum Gasteiger partial charge on any atom is -0.352 e. The van der Waals surface area contributed by atoms with Crippen molar-refractivity contribution in [3.63, 3.8) is 0 Å². The fraction of sp³-hybridized carbons (Fsp3) is 0.417. The molecular formula is C24H28FN7OS. The third kappa shape index (κ3) is 5.84. The number of alkyl halides is 1. The lowest BCUT2D eigenvalue weighted by atomic mass is 9.99. The summed E-state index contributed by atoms with van der Waals surface area (Å²) in [5.74, 6) is 0.761. The fourth-order valence-electron chi connectivity index (χ4n) is 3.81. The van der Waals surface area contributed by atoms with E-state index in [1.807, 2.05) is 31.2 Å². The summed E-state index contributed by atoms with van der Waals surface area (Å²) in [4.78, 5) is 17.8. The van der Waals surface area contributed by atoms with Gasteiger partial charge in [-0.25, -0.2) is 9.37 Å². The summed E-state index contributed by atoms with van der Waals surface area (Å²) in [6.45, 7) is 2.82.